The van der Waals surface area contributed by atoms with Crippen molar-refractivity contribution in [2.24, 2.45) is 29.4 Å². The molecular formula is C67H81BrN16O9. The highest BCUT2D eigenvalue weighted by atomic mass is 79.9. The van der Waals surface area contributed by atoms with E-state index in [9.17, 15) is 33.6 Å². The zero-order valence-electron chi connectivity index (χ0n) is 52.5. The number of anilines is 2. The van der Waals surface area contributed by atoms with Crippen LogP contribution in [0.3, 0.4) is 0 Å². The Morgan fingerprint density at radius 1 is 0.677 bits per heavy atom. The lowest BCUT2D eigenvalue weighted by Crippen LogP contribution is -2.52. The van der Waals surface area contributed by atoms with Gasteiger partial charge in [-0.1, -0.05) is 64.5 Å². The Balaban J connectivity index is 0.000000226. The van der Waals surface area contributed by atoms with E-state index in [1.807, 2.05) is 93.6 Å². The number of nitrogens with two attached hydrogens (primary N) is 1. The minimum Gasteiger partial charge on any atom is -0.465 e. The number of alkyl carbamates (subject to hydrolysis) is 1. The van der Waals surface area contributed by atoms with Gasteiger partial charge < -0.3 is 47.1 Å². The predicted octanol–water partition coefficient (Wildman–Crippen LogP) is 8.49. The van der Waals surface area contributed by atoms with Crippen LogP contribution in [0.2, 0.25) is 0 Å². The topological polar surface area (TPSA) is 351 Å². The third-order valence-corrected chi connectivity index (χ3v) is 17.5. The molecule has 5 aromatic carbocycles. The van der Waals surface area contributed by atoms with Gasteiger partial charge in [0.15, 0.2) is 11.6 Å². The van der Waals surface area contributed by atoms with Gasteiger partial charge in [-0.15, -0.1) is 10.2 Å². The van der Waals surface area contributed by atoms with Crippen molar-refractivity contribution in [2.75, 3.05) is 49.5 Å². The highest BCUT2D eigenvalue weighted by Gasteiger charge is 2.37. The number of aromatic nitrogens is 8. The smallest absolute Gasteiger partial charge is 0.407 e. The Labute approximate surface area is 548 Å². The van der Waals surface area contributed by atoms with Gasteiger partial charge in [-0.05, 0) is 226 Å². The quantitative estimate of drug-likeness (QED) is 0.0290. The molecule has 10 N–H and O–H groups in total. The van der Waals surface area contributed by atoms with E-state index in [4.69, 9.17) is 15.6 Å². The molecule has 2 atom stereocenters. The van der Waals surface area contributed by atoms with Crippen LogP contribution in [0.1, 0.15) is 106 Å². The van der Waals surface area contributed by atoms with Crippen molar-refractivity contribution in [2.45, 2.75) is 116 Å². The van der Waals surface area contributed by atoms with Gasteiger partial charge in [-0.3, -0.25) is 28.9 Å². The molecule has 25 nitrogen and oxygen atoms in total. The Hall–Kier alpha value is -9.43. The van der Waals surface area contributed by atoms with E-state index in [1.165, 1.54) is 12.8 Å². The number of H-pyrrole nitrogens is 2. The van der Waals surface area contributed by atoms with E-state index >= 15 is 0 Å². The van der Waals surface area contributed by atoms with Gasteiger partial charge in [-0.2, -0.15) is 0 Å². The third kappa shape index (κ3) is 20.3. The Morgan fingerprint density at radius 3 is 1.82 bits per heavy atom. The molecule has 2 saturated carbocycles. The second-order valence-electron chi connectivity index (χ2n) is 24.9. The number of benzene rings is 5. The normalized spacial score (nSPS) is 17.9. The van der Waals surface area contributed by atoms with Crippen molar-refractivity contribution >= 4 is 69.0 Å². The van der Waals surface area contributed by atoms with Crippen LogP contribution < -0.4 is 37.2 Å². The molecule has 1 aliphatic heterocycles. The summed E-state index contributed by atoms with van der Waals surface area (Å²) in [6.07, 6.45) is 6.96. The van der Waals surface area contributed by atoms with Crippen LogP contribution in [0.5, 0.6) is 0 Å². The van der Waals surface area contributed by atoms with Crippen LogP contribution in [0.4, 0.5) is 21.0 Å². The number of hydrogen-bond donors (Lipinski definition) is 9. The van der Waals surface area contributed by atoms with Crippen molar-refractivity contribution < 1.29 is 43.4 Å². The molecule has 2 aromatic heterocycles. The highest BCUT2D eigenvalue weighted by Crippen LogP contribution is 2.34. The summed E-state index contributed by atoms with van der Waals surface area (Å²) in [5.74, 6) is -0.507. The van der Waals surface area contributed by atoms with Gasteiger partial charge in [0.2, 0.25) is 23.6 Å². The number of aromatic amines is 2. The van der Waals surface area contributed by atoms with E-state index in [1.54, 1.807) is 53.4 Å². The highest BCUT2D eigenvalue weighted by molar-refractivity contribution is 9.10. The summed E-state index contributed by atoms with van der Waals surface area (Å²) in [6.45, 7) is 9.99. The number of carbonyl (C=O) groups excluding carboxylic acids is 6. The Morgan fingerprint density at radius 2 is 1.25 bits per heavy atom. The predicted molar refractivity (Wildman–Crippen MR) is 353 cm³/mol. The SMILES string of the molecule is CC(C)(C)OC(=O)NC[C@H]1CC[C@H](C(=O)N(c2ccc(-c3nnn[nH]3)cc2)[C@@H](Cc2cccc(Br)c2)C(N)=O)CC1.O=C(O)NC[C@H]1CC[C@H](C(=O)N[C@@H](Cc2cccc(-c3ccc(C(=O)NCCN4CCCC4)cc3)c2)C(=O)Nc2ccc(-c3nnn[nH]3)cc2)CC1. The largest absolute Gasteiger partial charge is 0.465 e. The fraction of sp³-hybridized carbons (Fsp3) is 0.418. The van der Waals surface area contributed by atoms with E-state index in [0.29, 0.717) is 73.9 Å². The maximum atomic E-state index is 14.1. The van der Waals surface area contributed by atoms with Gasteiger partial charge in [-0.25, -0.2) is 19.8 Å². The zero-order valence-corrected chi connectivity index (χ0v) is 54.1. The first-order chi connectivity index (χ1) is 44.8. The summed E-state index contributed by atoms with van der Waals surface area (Å²) < 4.78 is 6.21. The fourth-order valence-electron chi connectivity index (χ4n) is 12.0. The summed E-state index contributed by atoms with van der Waals surface area (Å²) in [5.41, 5.74) is 12.2. The van der Waals surface area contributed by atoms with Gasteiger partial charge in [0.1, 0.15) is 17.7 Å². The van der Waals surface area contributed by atoms with E-state index < -0.39 is 35.8 Å². The number of amides is 7. The summed E-state index contributed by atoms with van der Waals surface area (Å²) in [5, 5.41) is 50.9. The number of rotatable bonds is 23. The van der Waals surface area contributed by atoms with Gasteiger partial charge in [0.05, 0.1) is 0 Å². The summed E-state index contributed by atoms with van der Waals surface area (Å²) in [6, 6.07) is 35.4. The molecule has 0 spiro atoms. The standard InChI is InChI=1S/C38H45N9O5.C29H36BrN7O4/c48-35(39-18-21-47-19-1-2-20-47)29-12-10-27(11-13-29)31-5-3-4-26(22-31)23-33(42-36(49)30-8-6-25(7-9-30)24-40-38(51)52)37(50)41-32-16-14-28(15-17-32)34-43-45-46-44-34;1-29(2,3)41-28(40)32-17-18-7-9-21(10-8-18)27(39)37(23-13-11-20(12-14-23)26-33-35-36-34-26)24(25(31)38)16-19-5-4-6-22(30)15-19/h3-5,10-17,22,25,30,33,40H,1-2,6-9,18-21,23-24H2,(H,39,48)(H,41,50)(H,42,49)(H,51,52)(H,43,44,45,46);4-6,11-15,18,21,24H,7-10,16-17H2,1-3H3,(H2,31,38)(H,32,40)(H,33,34,35,36)/t25-,30-,33-;18-,21-,24-/m00/s1. The fourth-order valence-corrected chi connectivity index (χ4v) is 12.5. The molecular weight excluding hydrogens is 1250 g/mol. The third-order valence-electron chi connectivity index (χ3n) is 17.0. The number of hydrogen-bond acceptors (Lipinski definition) is 15. The molecule has 26 heteroatoms. The van der Waals surface area contributed by atoms with E-state index in [0.717, 1.165) is 83.2 Å². The number of tetrazole rings is 2. The van der Waals surface area contributed by atoms with Crippen molar-refractivity contribution in [1.82, 2.24) is 67.4 Å². The Kier molecular flexibility index (Phi) is 23.9. The number of likely N-dealkylation sites (tertiary alicyclic amines) is 1. The molecule has 490 valence electrons. The molecule has 1 saturated heterocycles. The lowest BCUT2D eigenvalue weighted by atomic mass is 9.81. The molecule has 0 radical (unpaired) electrons. The molecule has 93 heavy (non-hydrogen) atoms. The number of ether oxygens (including phenoxy) is 1. The van der Waals surface area contributed by atoms with Crippen molar-refractivity contribution in [3.8, 4) is 33.9 Å². The average molecular weight is 1330 g/mol. The van der Waals surface area contributed by atoms with E-state index in [2.05, 4.69) is 88.7 Å². The number of halogens is 1. The van der Waals surface area contributed by atoms with Crippen LogP contribution in [-0.4, -0.2) is 150 Å². The van der Waals surface area contributed by atoms with Crippen LogP contribution in [0.25, 0.3) is 33.9 Å². The van der Waals surface area contributed by atoms with Crippen LogP contribution in [-0.2, 0) is 36.8 Å². The minimum atomic E-state index is -1.05. The number of carboxylic acid groups (broad SMARTS) is 1. The maximum Gasteiger partial charge on any atom is 0.407 e. The second kappa shape index (κ2) is 32.7. The zero-order chi connectivity index (χ0) is 65.9. The molecule has 7 aromatic rings. The molecule has 10 rings (SSSR count). The van der Waals surface area contributed by atoms with Crippen molar-refractivity contribution in [3.63, 3.8) is 0 Å². The van der Waals surface area contributed by atoms with Gasteiger partial charge >= 0.3 is 12.2 Å². The number of primary amides is 1. The van der Waals surface area contributed by atoms with Gasteiger partial charge in [0.25, 0.3) is 5.91 Å². The number of nitrogens with one attached hydrogen (secondary N) is 7. The van der Waals surface area contributed by atoms with Crippen LogP contribution in [0.15, 0.2) is 126 Å². The molecule has 3 heterocycles. The molecule has 2 aliphatic carbocycles. The van der Waals surface area contributed by atoms with Crippen molar-refractivity contribution in [1.29, 1.82) is 0 Å². The minimum absolute atomic E-state index is 0.0980. The molecule has 3 aliphatic rings. The summed E-state index contributed by atoms with van der Waals surface area (Å²) in [7, 11) is 0. The molecule has 3 fully saturated rings. The average Bonchev–Trinajstić information content (AvgIpc) is 1.43. The van der Waals surface area contributed by atoms with Crippen LogP contribution in [0, 0.1) is 23.7 Å². The van der Waals surface area contributed by atoms with Crippen LogP contribution >= 0.6 is 15.9 Å². The van der Waals surface area contributed by atoms with Crippen molar-refractivity contribution in [3.05, 3.63) is 142 Å². The number of carbonyl (C=O) groups is 7. The summed E-state index contributed by atoms with van der Waals surface area (Å²) >= 11 is 3.48. The monoisotopic (exact) mass is 1330 g/mol. The van der Waals surface area contributed by atoms with Gasteiger partial charge in [0, 0.05) is 83.4 Å². The first-order valence-electron chi connectivity index (χ1n) is 31.6. The lowest BCUT2D eigenvalue weighted by Gasteiger charge is -2.36. The molecule has 0 unspecified atom stereocenters. The first kappa shape index (κ1) is 67.9. The summed E-state index contributed by atoms with van der Waals surface area (Å²) in [4.78, 5) is 94.0. The first-order valence-corrected chi connectivity index (χ1v) is 32.4. The van der Waals surface area contributed by atoms with E-state index in [-0.39, 0.29) is 60.1 Å². The molecule has 7 amide bonds. The lowest BCUT2D eigenvalue weighted by molar-refractivity contribution is -0.130. The Bertz CT molecular complexity index is 3610. The number of nitrogens with zero attached hydrogens (tertiary/aromatic N) is 8. The molecule has 0 bridgehead atoms. The maximum absolute atomic E-state index is 14.1. The second-order valence-corrected chi connectivity index (χ2v) is 25.8.